The molecule has 162 valence electrons. The van der Waals surface area contributed by atoms with E-state index in [0.29, 0.717) is 5.56 Å². The number of hydrogen-bond acceptors (Lipinski definition) is 6. The summed E-state index contributed by atoms with van der Waals surface area (Å²) in [5, 5.41) is 40.3. The molecule has 0 unspecified atom stereocenters. The van der Waals surface area contributed by atoms with Gasteiger partial charge in [-0.05, 0) is 42.9 Å². The molecule has 2 rings (SSSR count). The van der Waals surface area contributed by atoms with Crippen LogP contribution < -0.4 is 10.0 Å². The monoisotopic (exact) mass is 408 g/mol. The Morgan fingerprint density at radius 3 is 2.10 bits per heavy atom. The molecule has 0 bridgehead atoms. The number of hydrogen-bond donors (Lipinski definition) is 3. The van der Waals surface area contributed by atoms with Crippen LogP contribution >= 0.6 is 0 Å². The van der Waals surface area contributed by atoms with E-state index in [-0.39, 0.29) is 35.6 Å². The lowest BCUT2D eigenvalue weighted by atomic mass is 10.0. The first kappa shape index (κ1) is 24.7. The smallest absolute Gasteiger partial charge is 0.269 e. The lowest BCUT2D eigenvalue weighted by Crippen LogP contribution is -3.11. The first-order valence-electron chi connectivity index (χ1n) is 9.53. The minimum absolute atomic E-state index is 0.0151. The minimum atomic E-state index is -0.914. The highest BCUT2D eigenvalue weighted by Gasteiger charge is 2.56. The molecule has 1 saturated carbocycles. The zero-order chi connectivity index (χ0) is 22.5. The number of aliphatic carboxylic acids is 1. The normalized spacial score (nSPS) is 21.4. The average Bonchev–Trinajstić information content (AvgIpc) is 3.15. The quantitative estimate of drug-likeness (QED) is 0.334. The predicted molar refractivity (Wildman–Crippen MR) is 107 cm³/mol. The molecule has 0 aromatic heterocycles. The Bertz CT molecular complexity index is 738. The van der Waals surface area contributed by atoms with E-state index in [4.69, 9.17) is 0 Å². The fourth-order valence-corrected chi connectivity index (χ4v) is 3.42. The van der Waals surface area contributed by atoms with E-state index in [0.717, 1.165) is 4.90 Å². The van der Waals surface area contributed by atoms with Crippen LogP contribution in [0.2, 0.25) is 0 Å². The van der Waals surface area contributed by atoms with Crippen LogP contribution in [0.1, 0.15) is 39.4 Å². The molecule has 1 aliphatic rings. The number of benzene rings is 1. The molecular weight excluding hydrogens is 376 g/mol. The second-order valence-corrected chi connectivity index (χ2v) is 8.55. The number of nitro groups is 1. The number of aliphatic hydroxyl groups excluding tert-OH is 2. The Balaban J connectivity index is 0.000000308. The van der Waals surface area contributed by atoms with Gasteiger partial charge < -0.3 is 25.0 Å². The van der Waals surface area contributed by atoms with Crippen LogP contribution in [0.5, 0.6) is 0 Å². The van der Waals surface area contributed by atoms with Crippen molar-refractivity contribution < 1.29 is 29.9 Å². The Morgan fingerprint density at radius 1 is 1.28 bits per heavy atom. The van der Waals surface area contributed by atoms with Crippen molar-refractivity contribution in [3.05, 3.63) is 51.6 Å². The summed E-state index contributed by atoms with van der Waals surface area (Å²) in [6.45, 7) is 7.76. The fourth-order valence-electron chi connectivity index (χ4n) is 3.42. The van der Waals surface area contributed by atoms with Crippen molar-refractivity contribution in [2.24, 2.45) is 17.3 Å². The number of carboxylic acid groups (broad SMARTS) is 1. The van der Waals surface area contributed by atoms with E-state index in [1.165, 1.54) is 29.8 Å². The van der Waals surface area contributed by atoms with Gasteiger partial charge in [-0.2, -0.15) is 0 Å². The highest BCUT2D eigenvalue weighted by Crippen LogP contribution is 2.58. The molecule has 1 aromatic carbocycles. The number of rotatable bonds is 7. The van der Waals surface area contributed by atoms with Crippen LogP contribution in [0, 0.1) is 27.4 Å². The number of carbonyl (C=O) groups is 1. The largest absolute Gasteiger partial charge is 0.550 e. The molecule has 29 heavy (non-hydrogen) atoms. The third kappa shape index (κ3) is 6.35. The van der Waals surface area contributed by atoms with Gasteiger partial charge in [-0.3, -0.25) is 10.1 Å². The molecule has 1 fully saturated rings. The average molecular weight is 408 g/mol. The van der Waals surface area contributed by atoms with Crippen molar-refractivity contribution in [3.63, 3.8) is 0 Å². The molecule has 0 spiro atoms. The van der Waals surface area contributed by atoms with Crippen LogP contribution in [0.4, 0.5) is 5.69 Å². The van der Waals surface area contributed by atoms with Crippen LogP contribution in [0.25, 0.3) is 0 Å². The summed E-state index contributed by atoms with van der Waals surface area (Å²) >= 11 is 0. The van der Waals surface area contributed by atoms with Gasteiger partial charge in [-0.15, -0.1) is 0 Å². The van der Waals surface area contributed by atoms with E-state index in [1.807, 2.05) is 47.9 Å². The van der Waals surface area contributed by atoms with Gasteiger partial charge in [-0.25, -0.2) is 0 Å². The maximum atomic E-state index is 10.6. The number of carboxylic acids is 1. The van der Waals surface area contributed by atoms with E-state index >= 15 is 0 Å². The predicted octanol–water partition coefficient (Wildman–Crippen LogP) is 0.108. The summed E-state index contributed by atoms with van der Waals surface area (Å²) in [6, 6.07) is 5.36. The standard InChI is InChI=1S/C11H16N2O4.C10H16O2/c1-12(2)10(7-14)11(15)8-3-5-9(6-4-8)13(16)17;1-6(2)5-7-8(9(11)12)10(7,3)4/h3-6,10-11,14-15H,7H2,1-2H3;5,7-8H,1-4H3,(H,11,12)/t10-,11-;7-,8+/m10/s1. The third-order valence-electron chi connectivity index (χ3n) is 5.44. The number of non-ortho nitro benzene ring substituents is 1. The van der Waals surface area contributed by atoms with Crippen LogP contribution in [-0.4, -0.2) is 47.8 Å². The topological polar surface area (TPSA) is 128 Å². The molecule has 0 radical (unpaired) electrons. The molecular formula is C21H32N2O6. The van der Waals surface area contributed by atoms with Gasteiger partial charge in [0.2, 0.25) is 0 Å². The zero-order valence-corrected chi connectivity index (χ0v) is 17.9. The number of carbonyl (C=O) groups excluding carboxylic acids is 1. The van der Waals surface area contributed by atoms with Crippen molar-refractivity contribution in [1.29, 1.82) is 0 Å². The maximum Gasteiger partial charge on any atom is 0.269 e. The molecule has 0 aliphatic heterocycles. The molecule has 1 aliphatic carbocycles. The lowest BCUT2D eigenvalue weighted by molar-refractivity contribution is -0.891. The van der Waals surface area contributed by atoms with Crippen LogP contribution in [0.3, 0.4) is 0 Å². The number of quaternary nitrogens is 1. The van der Waals surface area contributed by atoms with Gasteiger partial charge in [-0.1, -0.05) is 25.5 Å². The first-order chi connectivity index (χ1) is 13.3. The van der Waals surface area contributed by atoms with Gasteiger partial charge in [0.15, 0.2) is 0 Å². The summed E-state index contributed by atoms with van der Waals surface area (Å²) < 4.78 is 0. The van der Waals surface area contributed by atoms with Crippen LogP contribution in [-0.2, 0) is 4.79 Å². The molecule has 1 aromatic rings. The SMILES string of the molecule is CC(C)=C[C@H]1[C@H](C(=O)[O-])C1(C)C.C[NH+](C)[C@H](CO)[C@H](O)c1ccc([N+](=O)[O-])cc1. The van der Waals surface area contributed by atoms with Crippen molar-refractivity contribution in [1.82, 2.24) is 0 Å². The summed E-state index contributed by atoms with van der Waals surface area (Å²) in [5.74, 6) is -1.03. The van der Waals surface area contributed by atoms with Crippen molar-refractivity contribution >= 4 is 11.7 Å². The second-order valence-electron chi connectivity index (χ2n) is 8.55. The highest BCUT2D eigenvalue weighted by atomic mass is 16.6. The van der Waals surface area contributed by atoms with Crippen molar-refractivity contribution in [3.8, 4) is 0 Å². The maximum absolute atomic E-state index is 10.6. The van der Waals surface area contributed by atoms with Gasteiger partial charge in [0.1, 0.15) is 12.1 Å². The Morgan fingerprint density at radius 2 is 1.79 bits per heavy atom. The molecule has 0 amide bonds. The summed E-state index contributed by atoms with van der Waals surface area (Å²) in [6.07, 6.45) is 1.19. The molecule has 4 atom stereocenters. The van der Waals surface area contributed by atoms with Gasteiger partial charge in [0.25, 0.3) is 5.69 Å². The molecule has 0 heterocycles. The summed E-state index contributed by atoms with van der Waals surface area (Å²) in [4.78, 5) is 21.5. The first-order valence-corrected chi connectivity index (χ1v) is 9.53. The Labute approximate surface area is 171 Å². The van der Waals surface area contributed by atoms with E-state index < -0.39 is 17.0 Å². The van der Waals surface area contributed by atoms with E-state index in [1.54, 1.807) is 0 Å². The third-order valence-corrected chi connectivity index (χ3v) is 5.44. The Kier molecular flexibility index (Phi) is 8.50. The zero-order valence-electron chi connectivity index (χ0n) is 17.9. The van der Waals surface area contributed by atoms with Crippen molar-refractivity contribution in [2.75, 3.05) is 20.7 Å². The lowest BCUT2D eigenvalue weighted by Gasteiger charge is -2.24. The number of nitro benzene ring substituents is 1. The van der Waals surface area contributed by atoms with Gasteiger partial charge >= 0.3 is 0 Å². The fraction of sp³-hybridized carbons (Fsp3) is 0.571. The number of nitrogens with one attached hydrogen (secondary N) is 1. The molecule has 3 N–H and O–H groups in total. The van der Waals surface area contributed by atoms with Gasteiger partial charge in [0.05, 0.1) is 25.6 Å². The molecule has 0 saturated heterocycles. The summed E-state index contributed by atoms with van der Waals surface area (Å²) in [7, 11) is 3.66. The van der Waals surface area contributed by atoms with E-state index in [2.05, 4.69) is 0 Å². The number of nitrogens with zero attached hydrogens (tertiary/aromatic N) is 1. The highest BCUT2D eigenvalue weighted by molar-refractivity contribution is 5.74. The van der Waals surface area contributed by atoms with E-state index in [9.17, 15) is 30.2 Å². The number of aliphatic hydroxyl groups is 2. The minimum Gasteiger partial charge on any atom is -0.550 e. The summed E-state index contributed by atoms with van der Waals surface area (Å²) in [5.41, 5.74) is 1.63. The number of likely N-dealkylation sites (N-methyl/N-ethyl adjacent to an activating group) is 1. The van der Waals surface area contributed by atoms with Gasteiger partial charge in [0, 0.05) is 24.0 Å². The van der Waals surface area contributed by atoms with Crippen molar-refractivity contribution in [2.45, 2.75) is 39.8 Å². The molecule has 8 heteroatoms. The Hall–Kier alpha value is -2.29. The molecule has 8 nitrogen and oxygen atoms in total. The second kappa shape index (κ2) is 9.96. The van der Waals surface area contributed by atoms with Crippen LogP contribution in [0.15, 0.2) is 35.9 Å². The number of allylic oxidation sites excluding steroid dienone is 2.